The van der Waals surface area contributed by atoms with Crippen molar-refractivity contribution >= 4 is 17.3 Å². The van der Waals surface area contributed by atoms with E-state index < -0.39 is 5.97 Å². The Bertz CT molecular complexity index is 442. The zero-order valence-electron chi connectivity index (χ0n) is 10.9. The predicted molar refractivity (Wildman–Crippen MR) is 74.5 cm³/mol. The molecule has 0 unspecified atom stereocenters. The van der Waals surface area contributed by atoms with Crippen LogP contribution in [0.3, 0.4) is 0 Å². The van der Waals surface area contributed by atoms with Crippen molar-refractivity contribution in [3.63, 3.8) is 0 Å². The number of carboxylic acids is 1. The molecule has 2 rings (SSSR count). The van der Waals surface area contributed by atoms with Gasteiger partial charge in [-0.25, -0.2) is 4.79 Å². The molecular formula is C14H20N2O3. The number of anilines is 2. The van der Waals surface area contributed by atoms with Crippen molar-refractivity contribution in [2.75, 3.05) is 24.2 Å². The zero-order chi connectivity index (χ0) is 13.7. The highest BCUT2D eigenvalue weighted by Gasteiger charge is 2.15. The maximum absolute atomic E-state index is 11.1. The van der Waals surface area contributed by atoms with Crippen molar-refractivity contribution < 1.29 is 14.6 Å². The van der Waals surface area contributed by atoms with E-state index in [4.69, 9.17) is 15.6 Å². The molecule has 0 atom stereocenters. The fraction of sp³-hybridized carbons (Fsp3) is 0.500. The van der Waals surface area contributed by atoms with Crippen LogP contribution in [-0.2, 0) is 4.74 Å². The lowest BCUT2D eigenvalue weighted by atomic mass is 10.1. The highest BCUT2D eigenvalue weighted by molar-refractivity contribution is 5.95. The highest BCUT2D eigenvalue weighted by Crippen LogP contribution is 2.21. The Morgan fingerprint density at radius 1 is 1.42 bits per heavy atom. The van der Waals surface area contributed by atoms with Gasteiger partial charge in [-0.15, -0.1) is 0 Å². The molecule has 0 bridgehead atoms. The number of rotatable bonds is 6. The molecule has 0 amide bonds. The molecule has 0 aliphatic heterocycles. The first-order chi connectivity index (χ1) is 9.16. The third-order valence-corrected chi connectivity index (χ3v) is 3.35. The van der Waals surface area contributed by atoms with Crippen LogP contribution in [0, 0.1) is 0 Å². The molecule has 1 aliphatic carbocycles. The van der Waals surface area contributed by atoms with Crippen LogP contribution in [-0.4, -0.2) is 30.3 Å². The van der Waals surface area contributed by atoms with Crippen molar-refractivity contribution in [1.82, 2.24) is 0 Å². The average Bonchev–Trinajstić information content (AvgIpc) is 2.89. The number of hydrogen-bond donors (Lipinski definition) is 3. The summed E-state index contributed by atoms with van der Waals surface area (Å²) >= 11 is 0. The van der Waals surface area contributed by atoms with Crippen LogP contribution in [0.25, 0.3) is 0 Å². The summed E-state index contributed by atoms with van der Waals surface area (Å²) in [6, 6.07) is 4.84. The lowest BCUT2D eigenvalue weighted by molar-refractivity contribution is 0.0656. The average molecular weight is 264 g/mol. The predicted octanol–water partition coefficient (Wildman–Crippen LogP) is 2.34. The van der Waals surface area contributed by atoms with Gasteiger partial charge in [-0.2, -0.15) is 0 Å². The largest absolute Gasteiger partial charge is 0.478 e. The molecule has 0 aromatic heterocycles. The summed E-state index contributed by atoms with van der Waals surface area (Å²) in [6.07, 6.45) is 5.16. The van der Waals surface area contributed by atoms with Crippen LogP contribution in [0.2, 0.25) is 0 Å². The summed E-state index contributed by atoms with van der Waals surface area (Å²) in [5.41, 5.74) is 6.81. The van der Waals surface area contributed by atoms with Gasteiger partial charge in [0.05, 0.1) is 18.3 Å². The highest BCUT2D eigenvalue weighted by atomic mass is 16.5. The van der Waals surface area contributed by atoms with Crippen molar-refractivity contribution in [1.29, 1.82) is 0 Å². The van der Waals surface area contributed by atoms with Crippen molar-refractivity contribution in [3.8, 4) is 0 Å². The van der Waals surface area contributed by atoms with E-state index in [1.165, 1.54) is 18.9 Å². The molecule has 4 N–H and O–H groups in total. The van der Waals surface area contributed by atoms with Gasteiger partial charge in [0, 0.05) is 17.9 Å². The van der Waals surface area contributed by atoms with Gasteiger partial charge >= 0.3 is 5.97 Å². The molecule has 0 saturated heterocycles. The van der Waals surface area contributed by atoms with Gasteiger partial charge in [0.25, 0.3) is 0 Å². The lowest BCUT2D eigenvalue weighted by Crippen LogP contribution is -2.16. The molecule has 5 nitrogen and oxygen atoms in total. The van der Waals surface area contributed by atoms with Gasteiger partial charge in [0.15, 0.2) is 0 Å². The number of nitrogens with one attached hydrogen (secondary N) is 1. The summed E-state index contributed by atoms with van der Waals surface area (Å²) in [6.45, 7) is 1.19. The van der Waals surface area contributed by atoms with Gasteiger partial charge in [-0.3, -0.25) is 0 Å². The van der Waals surface area contributed by atoms with E-state index in [-0.39, 0.29) is 5.56 Å². The Kier molecular flexibility index (Phi) is 4.63. The molecule has 0 spiro atoms. The first kappa shape index (κ1) is 13.7. The summed E-state index contributed by atoms with van der Waals surface area (Å²) in [5, 5.41) is 12.2. The molecule has 1 aromatic rings. The Labute approximate surface area is 112 Å². The van der Waals surface area contributed by atoms with E-state index in [9.17, 15) is 4.79 Å². The number of carbonyl (C=O) groups is 1. The first-order valence-electron chi connectivity index (χ1n) is 6.65. The molecule has 1 fully saturated rings. The minimum absolute atomic E-state index is 0.195. The minimum Gasteiger partial charge on any atom is -0.478 e. The normalized spacial score (nSPS) is 15.6. The molecule has 19 heavy (non-hydrogen) atoms. The van der Waals surface area contributed by atoms with E-state index in [1.807, 2.05) is 0 Å². The quantitative estimate of drug-likeness (QED) is 0.542. The topological polar surface area (TPSA) is 84.6 Å². The van der Waals surface area contributed by atoms with Crippen LogP contribution in [0.4, 0.5) is 11.4 Å². The summed E-state index contributed by atoms with van der Waals surface area (Å²) in [5.74, 6) is -0.980. The first-order valence-corrected chi connectivity index (χ1v) is 6.65. The number of ether oxygens (including phenoxy) is 1. The van der Waals surface area contributed by atoms with E-state index in [2.05, 4.69) is 5.32 Å². The second-order valence-corrected chi connectivity index (χ2v) is 4.81. The van der Waals surface area contributed by atoms with Crippen LogP contribution in [0.15, 0.2) is 18.2 Å². The van der Waals surface area contributed by atoms with E-state index >= 15 is 0 Å². The summed E-state index contributed by atoms with van der Waals surface area (Å²) in [4.78, 5) is 11.1. The van der Waals surface area contributed by atoms with Gasteiger partial charge in [-0.05, 0) is 31.0 Å². The molecular weight excluding hydrogens is 244 g/mol. The Hall–Kier alpha value is -1.75. The number of hydrogen-bond acceptors (Lipinski definition) is 4. The third kappa shape index (κ3) is 3.86. The number of nitrogens with two attached hydrogens (primary N) is 1. The van der Waals surface area contributed by atoms with Crippen LogP contribution < -0.4 is 11.1 Å². The van der Waals surface area contributed by atoms with Gasteiger partial charge in [0.1, 0.15) is 0 Å². The standard InChI is InChI=1S/C14H20N2O3/c15-10-5-6-13(12(9-10)14(17)18)16-7-8-19-11-3-1-2-4-11/h5-6,9,11,16H,1-4,7-8,15H2,(H,17,18). The maximum atomic E-state index is 11.1. The summed E-state index contributed by atoms with van der Waals surface area (Å²) < 4.78 is 5.71. The molecule has 0 heterocycles. The zero-order valence-corrected chi connectivity index (χ0v) is 10.9. The number of carboxylic acid groups (broad SMARTS) is 1. The molecule has 104 valence electrons. The second kappa shape index (κ2) is 6.43. The van der Waals surface area contributed by atoms with Gasteiger partial charge in [-0.1, -0.05) is 12.8 Å². The van der Waals surface area contributed by atoms with Crippen molar-refractivity contribution in [2.24, 2.45) is 0 Å². The second-order valence-electron chi connectivity index (χ2n) is 4.81. The van der Waals surface area contributed by atoms with E-state index in [0.717, 1.165) is 12.8 Å². The fourth-order valence-electron chi connectivity index (χ4n) is 2.36. The Balaban J connectivity index is 1.83. The maximum Gasteiger partial charge on any atom is 0.337 e. The molecule has 5 heteroatoms. The molecule has 1 saturated carbocycles. The van der Waals surface area contributed by atoms with Crippen molar-refractivity contribution in [3.05, 3.63) is 23.8 Å². The van der Waals surface area contributed by atoms with Gasteiger partial charge in [0.2, 0.25) is 0 Å². The molecule has 1 aliphatic rings. The third-order valence-electron chi connectivity index (χ3n) is 3.35. The minimum atomic E-state index is -0.980. The van der Waals surface area contributed by atoms with Crippen LogP contribution in [0.1, 0.15) is 36.0 Å². The Morgan fingerprint density at radius 2 is 2.16 bits per heavy atom. The fourth-order valence-corrected chi connectivity index (χ4v) is 2.36. The Morgan fingerprint density at radius 3 is 2.84 bits per heavy atom. The number of nitrogen functional groups attached to an aromatic ring is 1. The van der Waals surface area contributed by atoms with Crippen LogP contribution >= 0.6 is 0 Å². The monoisotopic (exact) mass is 264 g/mol. The summed E-state index contributed by atoms with van der Waals surface area (Å²) in [7, 11) is 0. The van der Waals surface area contributed by atoms with Crippen molar-refractivity contribution in [2.45, 2.75) is 31.8 Å². The SMILES string of the molecule is Nc1ccc(NCCOC2CCCC2)c(C(=O)O)c1. The number of aromatic carboxylic acids is 1. The molecule has 1 aromatic carbocycles. The lowest BCUT2D eigenvalue weighted by Gasteiger charge is -2.13. The van der Waals surface area contributed by atoms with Crippen LogP contribution in [0.5, 0.6) is 0 Å². The number of benzene rings is 1. The smallest absolute Gasteiger partial charge is 0.337 e. The van der Waals surface area contributed by atoms with E-state index in [1.54, 1.807) is 12.1 Å². The van der Waals surface area contributed by atoms with Gasteiger partial charge < -0.3 is 20.9 Å². The van der Waals surface area contributed by atoms with E-state index in [0.29, 0.717) is 30.6 Å². The molecule has 0 radical (unpaired) electrons.